The molecule has 0 heterocycles. The number of hydrogen-bond donors (Lipinski definition) is 2. The van der Waals surface area contributed by atoms with Crippen molar-refractivity contribution in [1.29, 1.82) is 5.26 Å². The van der Waals surface area contributed by atoms with Crippen molar-refractivity contribution in [3.05, 3.63) is 35.4 Å². The summed E-state index contributed by atoms with van der Waals surface area (Å²) in [5.41, 5.74) is 6.16. The van der Waals surface area contributed by atoms with E-state index in [0.29, 0.717) is 30.4 Å². The van der Waals surface area contributed by atoms with Gasteiger partial charge in [-0.1, -0.05) is 0 Å². The van der Waals surface area contributed by atoms with Gasteiger partial charge in [-0.25, -0.2) is 0 Å². The van der Waals surface area contributed by atoms with E-state index in [0.717, 1.165) is 0 Å². The van der Waals surface area contributed by atoms with Gasteiger partial charge in [-0.05, 0) is 43.0 Å². The van der Waals surface area contributed by atoms with Crippen LogP contribution in [0.15, 0.2) is 24.3 Å². The summed E-state index contributed by atoms with van der Waals surface area (Å²) in [5, 5.41) is 11.3. The van der Waals surface area contributed by atoms with Crippen LogP contribution < -0.4 is 11.1 Å². The van der Waals surface area contributed by atoms with Gasteiger partial charge in [0, 0.05) is 18.4 Å². The molecule has 22 heavy (non-hydrogen) atoms. The Kier molecular flexibility index (Phi) is 4.89. The van der Waals surface area contributed by atoms with Gasteiger partial charge >= 0.3 is 0 Å². The third kappa shape index (κ3) is 3.70. The minimum atomic E-state index is -0.854. The number of nitrogens with zero attached hydrogens (tertiary/aromatic N) is 1. The summed E-state index contributed by atoms with van der Waals surface area (Å²) >= 11 is 0. The molecular formula is C16H17N3O3. The second-order valence-electron chi connectivity index (χ2n) is 5.44. The second-order valence-corrected chi connectivity index (χ2v) is 5.44. The number of rotatable bonds is 4. The molecule has 114 valence electrons. The molecule has 3 N–H and O–H groups in total. The molecule has 2 rings (SSSR count). The summed E-state index contributed by atoms with van der Waals surface area (Å²) in [6.45, 7) is 0. The second kappa shape index (κ2) is 6.85. The normalized spacial score (nSPS) is 19.0. The largest absolute Gasteiger partial charge is 0.368 e. The van der Waals surface area contributed by atoms with E-state index in [1.54, 1.807) is 0 Å². The van der Waals surface area contributed by atoms with Crippen LogP contribution in [0.25, 0.3) is 0 Å². The van der Waals surface area contributed by atoms with Crippen molar-refractivity contribution in [3.8, 4) is 6.07 Å². The molecule has 1 saturated carbocycles. The maximum Gasteiger partial charge on any atom is 0.251 e. The number of ketones is 1. The lowest BCUT2D eigenvalue weighted by Crippen LogP contribution is -2.50. The SMILES string of the molecule is N#Cc1ccc(C(=O)N[C@H](C(N)=O)[C@@H]2CCCC(=O)C2)cc1. The van der Waals surface area contributed by atoms with Crippen molar-refractivity contribution in [2.24, 2.45) is 11.7 Å². The fraction of sp³-hybridized carbons (Fsp3) is 0.375. The Morgan fingerprint density at radius 1 is 1.32 bits per heavy atom. The van der Waals surface area contributed by atoms with Crippen molar-refractivity contribution < 1.29 is 14.4 Å². The first kappa shape index (κ1) is 15.7. The number of hydrogen-bond acceptors (Lipinski definition) is 4. The predicted octanol–water partition coefficient (Wildman–Crippen LogP) is 0.901. The minimum absolute atomic E-state index is 0.0927. The Labute approximate surface area is 128 Å². The molecule has 0 saturated heterocycles. The number of benzene rings is 1. The third-order valence-electron chi connectivity index (χ3n) is 3.86. The molecule has 0 aromatic heterocycles. The molecule has 2 amide bonds. The Bertz CT molecular complexity index is 631. The Morgan fingerprint density at radius 3 is 2.55 bits per heavy atom. The summed E-state index contributed by atoms with van der Waals surface area (Å²) in [6.07, 6.45) is 2.18. The highest BCUT2D eigenvalue weighted by Crippen LogP contribution is 2.24. The average Bonchev–Trinajstić information content (AvgIpc) is 2.52. The predicted molar refractivity (Wildman–Crippen MR) is 78.6 cm³/mol. The molecule has 2 atom stereocenters. The molecule has 0 aliphatic heterocycles. The molecule has 0 spiro atoms. The van der Waals surface area contributed by atoms with E-state index < -0.39 is 17.9 Å². The first-order chi connectivity index (χ1) is 10.5. The van der Waals surface area contributed by atoms with E-state index >= 15 is 0 Å². The van der Waals surface area contributed by atoms with Gasteiger partial charge in [0.25, 0.3) is 5.91 Å². The van der Waals surface area contributed by atoms with E-state index in [-0.39, 0.29) is 18.1 Å². The fourth-order valence-electron chi connectivity index (χ4n) is 2.68. The molecule has 1 aliphatic carbocycles. The molecule has 1 fully saturated rings. The minimum Gasteiger partial charge on any atom is -0.368 e. The maximum absolute atomic E-state index is 12.2. The van der Waals surface area contributed by atoms with Crippen LogP contribution in [0.4, 0.5) is 0 Å². The van der Waals surface area contributed by atoms with Crippen LogP contribution in [0.5, 0.6) is 0 Å². The number of nitrogens with one attached hydrogen (secondary N) is 1. The maximum atomic E-state index is 12.2. The number of carbonyl (C=O) groups is 3. The molecule has 6 heteroatoms. The molecule has 0 unspecified atom stereocenters. The number of carbonyl (C=O) groups excluding carboxylic acids is 3. The summed E-state index contributed by atoms with van der Waals surface area (Å²) in [4.78, 5) is 35.4. The summed E-state index contributed by atoms with van der Waals surface area (Å²) in [7, 11) is 0. The summed E-state index contributed by atoms with van der Waals surface area (Å²) in [5.74, 6) is -1.23. The van der Waals surface area contributed by atoms with Gasteiger partial charge in [-0.15, -0.1) is 0 Å². The zero-order chi connectivity index (χ0) is 16.1. The van der Waals surface area contributed by atoms with Gasteiger partial charge in [0.1, 0.15) is 11.8 Å². The van der Waals surface area contributed by atoms with Crippen LogP contribution in [0.3, 0.4) is 0 Å². The van der Waals surface area contributed by atoms with Crippen molar-refractivity contribution in [2.75, 3.05) is 0 Å². The van der Waals surface area contributed by atoms with Crippen LogP contribution in [-0.4, -0.2) is 23.6 Å². The average molecular weight is 299 g/mol. The zero-order valence-corrected chi connectivity index (χ0v) is 12.0. The lowest BCUT2D eigenvalue weighted by molar-refractivity contribution is -0.124. The third-order valence-corrected chi connectivity index (χ3v) is 3.86. The number of Topliss-reactive ketones (excluding diaryl/α,β-unsaturated/α-hetero) is 1. The van der Waals surface area contributed by atoms with Gasteiger partial charge in [0.15, 0.2) is 0 Å². The molecule has 6 nitrogen and oxygen atoms in total. The van der Waals surface area contributed by atoms with Crippen LogP contribution >= 0.6 is 0 Å². The van der Waals surface area contributed by atoms with E-state index in [2.05, 4.69) is 5.32 Å². The first-order valence-electron chi connectivity index (χ1n) is 7.13. The monoisotopic (exact) mass is 299 g/mol. The quantitative estimate of drug-likeness (QED) is 0.859. The highest BCUT2D eigenvalue weighted by atomic mass is 16.2. The van der Waals surface area contributed by atoms with Gasteiger partial charge in [0.05, 0.1) is 11.6 Å². The first-order valence-corrected chi connectivity index (χ1v) is 7.13. The molecule has 0 bridgehead atoms. The van der Waals surface area contributed by atoms with E-state index in [4.69, 9.17) is 11.0 Å². The number of nitriles is 1. The smallest absolute Gasteiger partial charge is 0.251 e. The summed E-state index contributed by atoms with van der Waals surface area (Å²) < 4.78 is 0. The fourth-order valence-corrected chi connectivity index (χ4v) is 2.68. The molecule has 1 aromatic rings. The Morgan fingerprint density at radius 2 is 2.00 bits per heavy atom. The molecule has 0 radical (unpaired) electrons. The number of primary amides is 1. The highest BCUT2D eigenvalue weighted by Gasteiger charge is 2.32. The van der Waals surface area contributed by atoms with Crippen molar-refractivity contribution in [3.63, 3.8) is 0 Å². The lowest BCUT2D eigenvalue weighted by Gasteiger charge is -2.28. The topological polar surface area (TPSA) is 113 Å². The van der Waals surface area contributed by atoms with Gasteiger partial charge in [0.2, 0.25) is 5.91 Å². The number of amides is 2. The Balaban J connectivity index is 2.09. The van der Waals surface area contributed by atoms with Crippen molar-refractivity contribution in [1.82, 2.24) is 5.32 Å². The number of nitrogens with two attached hydrogens (primary N) is 1. The molecule has 1 aromatic carbocycles. The van der Waals surface area contributed by atoms with Gasteiger partial charge in [-0.3, -0.25) is 14.4 Å². The zero-order valence-electron chi connectivity index (χ0n) is 12.0. The van der Waals surface area contributed by atoms with E-state index in [9.17, 15) is 14.4 Å². The van der Waals surface area contributed by atoms with Gasteiger partial charge in [-0.2, -0.15) is 5.26 Å². The lowest BCUT2D eigenvalue weighted by atomic mass is 9.82. The van der Waals surface area contributed by atoms with E-state index in [1.165, 1.54) is 24.3 Å². The standard InChI is InChI=1S/C16H17N3O3/c17-9-10-4-6-11(7-5-10)16(22)19-14(15(18)21)12-2-1-3-13(20)8-12/h4-7,12,14H,1-3,8H2,(H2,18,21)(H,19,22)/t12-,14+/m1/s1. The van der Waals surface area contributed by atoms with Crippen LogP contribution in [0.1, 0.15) is 41.6 Å². The van der Waals surface area contributed by atoms with Crippen LogP contribution in [0.2, 0.25) is 0 Å². The van der Waals surface area contributed by atoms with E-state index in [1.807, 2.05) is 6.07 Å². The van der Waals surface area contributed by atoms with Crippen LogP contribution in [-0.2, 0) is 9.59 Å². The summed E-state index contributed by atoms with van der Waals surface area (Å²) in [6, 6.07) is 7.19. The van der Waals surface area contributed by atoms with Gasteiger partial charge < -0.3 is 11.1 Å². The Hall–Kier alpha value is -2.68. The van der Waals surface area contributed by atoms with Crippen molar-refractivity contribution in [2.45, 2.75) is 31.7 Å². The molecule has 1 aliphatic rings. The van der Waals surface area contributed by atoms with Crippen LogP contribution in [0, 0.1) is 17.2 Å². The van der Waals surface area contributed by atoms with Crippen molar-refractivity contribution >= 4 is 17.6 Å². The highest BCUT2D eigenvalue weighted by molar-refractivity contribution is 5.97. The molecular weight excluding hydrogens is 282 g/mol.